The number of rotatable bonds is 7. The van der Waals surface area contributed by atoms with Gasteiger partial charge in [-0.05, 0) is 80.3 Å². The average molecular weight is 534 g/mol. The number of methoxy groups -OCH3 is 3. The zero-order valence-corrected chi connectivity index (χ0v) is 22.8. The van der Waals surface area contributed by atoms with Crippen molar-refractivity contribution >= 4 is 11.8 Å². The number of ketones is 1. The first kappa shape index (κ1) is 26.7. The third-order valence-corrected chi connectivity index (χ3v) is 8.04. The molecule has 0 saturated heterocycles. The van der Waals surface area contributed by atoms with E-state index < -0.39 is 11.9 Å². The predicted molar refractivity (Wildman–Crippen MR) is 145 cm³/mol. The van der Waals surface area contributed by atoms with Gasteiger partial charge in [0, 0.05) is 29.3 Å². The van der Waals surface area contributed by atoms with Gasteiger partial charge in [0.2, 0.25) is 0 Å². The summed E-state index contributed by atoms with van der Waals surface area (Å²) in [6, 6.07) is 10.7. The van der Waals surface area contributed by atoms with Crippen LogP contribution in [0.3, 0.4) is 0 Å². The number of Topliss-reactive ketones (excluding diaryl/α,β-unsaturated/α-hetero) is 1. The Morgan fingerprint density at radius 2 is 1.56 bits per heavy atom. The first-order valence-corrected chi connectivity index (χ1v) is 13.4. The summed E-state index contributed by atoms with van der Waals surface area (Å²) >= 11 is 0. The molecule has 1 aliphatic heterocycles. The fraction of sp³-hybridized carbons (Fsp3) is 0.419. The molecule has 1 heterocycles. The van der Waals surface area contributed by atoms with Crippen molar-refractivity contribution in [2.45, 2.75) is 63.4 Å². The van der Waals surface area contributed by atoms with Crippen LogP contribution in [0, 0.1) is 0 Å². The second kappa shape index (κ2) is 11.0. The number of dihydropyridines is 1. The molecule has 8 nitrogen and oxygen atoms in total. The molecule has 2 atom stereocenters. The number of ether oxygens (including phenoxy) is 4. The Kier molecular flexibility index (Phi) is 7.55. The highest BCUT2D eigenvalue weighted by Gasteiger charge is 2.42. The quantitative estimate of drug-likeness (QED) is 0.465. The summed E-state index contributed by atoms with van der Waals surface area (Å²) in [4.78, 5) is 27.5. The summed E-state index contributed by atoms with van der Waals surface area (Å²) in [5.41, 5.74) is 4.10. The Hall–Kier alpha value is -3.94. The molecule has 206 valence electrons. The lowest BCUT2D eigenvalue weighted by molar-refractivity contribution is -0.144. The van der Waals surface area contributed by atoms with E-state index in [-0.39, 0.29) is 35.7 Å². The number of allylic oxidation sites excluding steroid dienone is 3. The summed E-state index contributed by atoms with van der Waals surface area (Å²) in [6.45, 7) is 1.85. The van der Waals surface area contributed by atoms with Crippen LogP contribution in [0.2, 0.25) is 0 Å². The summed E-state index contributed by atoms with van der Waals surface area (Å²) in [7, 11) is 4.66. The summed E-state index contributed by atoms with van der Waals surface area (Å²) in [5, 5.41) is 13.6. The van der Waals surface area contributed by atoms with E-state index >= 15 is 0 Å². The van der Waals surface area contributed by atoms with Gasteiger partial charge < -0.3 is 29.4 Å². The molecule has 1 fully saturated rings. The van der Waals surface area contributed by atoms with Gasteiger partial charge >= 0.3 is 5.97 Å². The van der Waals surface area contributed by atoms with Gasteiger partial charge in [0.25, 0.3) is 0 Å². The lowest BCUT2D eigenvalue weighted by Crippen LogP contribution is -2.36. The van der Waals surface area contributed by atoms with Crippen molar-refractivity contribution in [2.24, 2.45) is 0 Å². The molecule has 2 aliphatic carbocycles. The van der Waals surface area contributed by atoms with Crippen molar-refractivity contribution < 1.29 is 33.6 Å². The molecule has 2 aromatic rings. The molecule has 0 aromatic heterocycles. The van der Waals surface area contributed by atoms with E-state index in [1.54, 1.807) is 26.4 Å². The SMILES string of the molecule is COc1cc([C@H]2C(C(=O)OC3CCCC3)=C(C)NC3=C2C(=O)C[C@@H](c2ccc(OC)c(OC)c2)C3)ccc1O. The molecular weight excluding hydrogens is 498 g/mol. The number of phenolic OH excluding ortho intramolecular Hbond substituents is 1. The van der Waals surface area contributed by atoms with Crippen molar-refractivity contribution in [2.75, 3.05) is 21.3 Å². The number of phenols is 1. The fourth-order valence-electron chi connectivity index (χ4n) is 6.08. The molecule has 39 heavy (non-hydrogen) atoms. The second-order valence-electron chi connectivity index (χ2n) is 10.4. The van der Waals surface area contributed by atoms with Crippen molar-refractivity contribution in [3.05, 3.63) is 70.1 Å². The van der Waals surface area contributed by atoms with Gasteiger partial charge in [-0.25, -0.2) is 4.79 Å². The van der Waals surface area contributed by atoms with Crippen LogP contribution in [0.1, 0.15) is 68.4 Å². The standard InChI is InChI=1S/C31H35NO7/c1-17-28(31(35)39-21-7-5-6-8-21)29(19-9-11-23(33)26(16-19)37-3)30-22(32-17)13-20(14-24(30)34)18-10-12-25(36-2)27(15-18)38-4/h9-12,15-16,20-21,29,32-33H,5-8,13-14H2,1-4H3/t20-,29-/m0/s1. The largest absolute Gasteiger partial charge is 0.504 e. The van der Waals surface area contributed by atoms with E-state index in [0.29, 0.717) is 40.3 Å². The Bertz CT molecular complexity index is 1350. The third-order valence-electron chi connectivity index (χ3n) is 8.04. The highest BCUT2D eigenvalue weighted by atomic mass is 16.5. The van der Waals surface area contributed by atoms with E-state index in [2.05, 4.69) is 5.32 Å². The maximum atomic E-state index is 13.9. The molecule has 0 radical (unpaired) electrons. The third kappa shape index (κ3) is 5.07. The number of esters is 1. The highest BCUT2D eigenvalue weighted by Crippen LogP contribution is 2.47. The van der Waals surface area contributed by atoms with E-state index in [4.69, 9.17) is 18.9 Å². The number of aromatic hydroxyl groups is 1. The number of carbonyl (C=O) groups is 2. The molecule has 1 saturated carbocycles. The first-order chi connectivity index (χ1) is 18.8. The normalized spacial score (nSPS) is 21.4. The van der Waals surface area contributed by atoms with Crippen LogP contribution >= 0.6 is 0 Å². The highest BCUT2D eigenvalue weighted by molar-refractivity contribution is 6.04. The predicted octanol–water partition coefficient (Wildman–Crippen LogP) is 5.27. The van der Waals surface area contributed by atoms with E-state index in [0.717, 1.165) is 36.9 Å². The molecular formula is C31H35NO7. The minimum atomic E-state index is -0.636. The molecule has 3 aliphatic rings. The van der Waals surface area contributed by atoms with Gasteiger partial charge in [-0.1, -0.05) is 12.1 Å². The number of hydrogen-bond acceptors (Lipinski definition) is 8. The topological polar surface area (TPSA) is 103 Å². The van der Waals surface area contributed by atoms with Crippen LogP contribution in [0.4, 0.5) is 0 Å². The maximum absolute atomic E-state index is 13.9. The van der Waals surface area contributed by atoms with Crippen molar-refractivity contribution in [3.8, 4) is 23.0 Å². The lowest BCUT2D eigenvalue weighted by atomic mass is 9.71. The van der Waals surface area contributed by atoms with E-state index in [1.165, 1.54) is 13.2 Å². The summed E-state index contributed by atoms with van der Waals surface area (Å²) in [6.07, 6.45) is 4.54. The molecule has 0 bridgehead atoms. The number of nitrogens with one attached hydrogen (secondary N) is 1. The lowest BCUT2D eigenvalue weighted by Gasteiger charge is -2.37. The number of carbonyl (C=O) groups excluding carboxylic acids is 2. The smallest absolute Gasteiger partial charge is 0.337 e. The number of hydrogen-bond donors (Lipinski definition) is 2. The Labute approximate surface area is 228 Å². The van der Waals surface area contributed by atoms with Crippen LogP contribution in [0.25, 0.3) is 0 Å². The molecule has 8 heteroatoms. The van der Waals surface area contributed by atoms with Crippen LogP contribution < -0.4 is 19.5 Å². The fourth-order valence-corrected chi connectivity index (χ4v) is 6.08. The van der Waals surface area contributed by atoms with Gasteiger partial charge in [0.15, 0.2) is 28.8 Å². The summed E-state index contributed by atoms with van der Waals surface area (Å²) in [5.74, 6) is 0.349. The Morgan fingerprint density at radius 1 is 0.897 bits per heavy atom. The monoisotopic (exact) mass is 533 g/mol. The summed E-state index contributed by atoms with van der Waals surface area (Å²) < 4.78 is 22.2. The Morgan fingerprint density at radius 3 is 2.26 bits per heavy atom. The molecule has 2 N–H and O–H groups in total. The van der Waals surface area contributed by atoms with Crippen LogP contribution in [-0.2, 0) is 14.3 Å². The maximum Gasteiger partial charge on any atom is 0.337 e. The zero-order valence-electron chi connectivity index (χ0n) is 22.8. The van der Waals surface area contributed by atoms with Gasteiger partial charge in [-0.3, -0.25) is 4.79 Å². The molecule has 0 spiro atoms. The van der Waals surface area contributed by atoms with Crippen molar-refractivity contribution in [3.63, 3.8) is 0 Å². The molecule has 0 unspecified atom stereocenters. The minimum absolute atomic E-state index is 0.0105. The Balaban J connectivity index is 1.55. The second-order valence-corrected chi connectivity index (χ2v) is 10.4. The van der Waals surface area contributed by atoms with Crippen LogP contribution in [0.15, 0.2) is 58.9 Å². The molecule has 0 amide bonds. The van der Waals surface area contributed by atoms with Gasteiger partial charge in [-0.15, -0.1) is 0 Å². The minimum Gasteiger partial charge on any atom is -0.504 e. The zero-order chi connectivity index (χ0) is 27.7. The molecule has 5 rings (SSSR count). The van der Waals surface area contributed by atoms with Gasteiger partial charge in [0.05, 0.1) is 26.9 Å². The molecule has 2 aromatic carbocycles. The van der Waals surface area contributed by atoms with Crippen LogP contribution in [-0.4, -0.2) is 44.3 Å². The number of benzene rings is 2. The first-order valence-electron chi connectivity index (χ1n) is 13.4. The van der Waals surface area contributed by atoms with Crippen molar-refractivity contribution in [1.29, 1.82) is 0 Å². The van der Waals surface area contributed by atoms with Crippen molar-refractivity contribution in [1.82, 2.24) is 5.32 Å². The van der Waals surface area contributed by atoms with Gasteiger partial charge in [0.1, 0.15) is 6.10 Å². The van der Waals surface area contributed by atoms with E-state index in [9.17, 15) is 14.7 Å². The van der Waals surface area contributed by atoms with Crippen LogP contribution in [0.5, 0.6) is 23.0 Å². The van der Waals surface area contributed by atoms with E-state index in [1.807, 2.05) is 25.1 Å². The average Bonchev–Trinajstić information content (AvgIpc) is 3.45. The van der Waals surface area contributed by atoms with Gasteiger partial charge in [-0.2, -0.15) is 0 Å².